The summed E-state index contributed by atoms with van der Waals surface area (Å²) < 4.78 is 40.7. The predicted octanol–water partition coefficient (Wildman–Crippen LogP) is 3.84. The molecule has 17 heavy (non-hydrogen) atoms. The van der Waals surface area contributed by atoms with Gasteiger partial charge >= 0.3 is 6.36 Å². The molecule has 2 rings (SSSR count). The maximum atomic E-state index is 12.2. The molecule has 94 valence electrons. The average molecular weight is 266 g/mol. The highest BCUT2D eigenvalue weighted by molar-refractivity contribution is 6.30. The number of anilines is 1. The summed E-state index contributed by atoms with van der Waals surface area (Å²) in [5, 5.41) is 0.404. The van der Waals surface area contributed by atoms with Gasteiger partial charge in [0, 0.05) is 18.1 Å². The van der Waals surface area contributed by atoms with E-state index in [1.165, 1.54) is 18.2 Å². The topological polar surface area (TPSA) is 12.5 Å². The molecule has 0 spiro atoms. The zero-order valence-electron chi connectivity index (χ0n) is 8.93. The van der Waals surface area contributed by atoms with E-state index in [1.807, 2.05) is 4.90 Å². The monoisotopic (exact) mass is 265 g/mol. The van der Waals surface area contributed by atoms with E-state index in [0.29, 0.717) is 10.7 Å². The standard InChI is InChI=1S/C11H11ClF3NO/c12-8-3-4-10(17-11(13,14)15)9(7-8)16-5-1-2-6-16/h3-4,7H,1-2,5-6H2. The van der Waals surface area contributed by atoms with Gasteiger partial charge in [-0.2, -0.15) is 0 Å². The molecule has 2 nitrogen and oxygen atoms in total. The second kappa shape index (κ2) is 4.64. The first-order chi connectivity index (χ1) is 7.96. The largest absolute Gasteiger partial charge is 0.573 e. The van der Waals surface area contributed by atoms with E-state index in [1.54, 1.807) is 0 Å². The smallest absolute Gasteiger partial charge is 0.404 e. The number of hydrogen-bond donors (Lipinski definition) is 0. The number of hydrogen-bond acceptors (Lipinski definition) is 2. The molecule has 0 unspecified atom stereocenters. The van der Waals surface area contributed by atoms with Gasteiger partial charge in [-0.15, -0.1) is 13.2 Å². The van der Waals surface area contributed by atoms with E-state index in [4.69, 9.17) is 11.6 Å². The number of nitrogens with zero attached hydrogens (tertiary/aromatic N) is 1. The van der Waals surface area contributed by atoms with Gasteiger partial charge in [0.2, 0.25) is 0 Å². The van der Waals surface area contributed by atoms with Gasteiger partial charge in [-0.3, -0.25) is 0 Å². The van der Waals surface area contributed by atoms with Crippen LogP contribution in [0.1, 0.15) is 12.8 Å². The Bertz CT molecular complexity index is 402. The minimum absolute atomic E-state index is 0.191. The van der Waals surface area contributed by atoms with Crippen LogP contribution in [-0.4, -0.2) is 19.5 Å². The molecule has 1 aliphatic rings. The summed E-state index contributed by atoms with van der Waals surface area (Å²) in [6, 6.07) is 4.15. The van der Waals surface area contributed by atoms with Crippen molar-refractivity contribution in [3.63, 3.8) is 0 Å². The molecule has 0 aliphatic carbocycles. The van der Waals surface area contributed by atoms with Crippen molar-refractivity contribution in [2.24, 2.45) is 0 Å². The minimum atomic E-state index is -4.68. The fourth-order valence-corrected chi connectivity index (χ4v) is 2.07. The Morgan fingerprint density at radius 3 is 2.41 bits per heavy atom. The first-order valence-corrected chi connectivity index (χ1v) is 5.64. The van der Waals surface area contributed by atoms with Crippen LogP contribution in [-0.2, 0) is 0 Å². The zero-order chi connectivity index (χ0) is 12.5. The highest BCUT2D eigenvalue weighted by Crippen LogP contribution is 2.36. The normalized spacial score (nSPS) is 16.4. The molecule has 0 aromatic heterocycles. The molecule has 0 atom stereocenters. The van der Waals surface area contributed by atoms with Crippen LogP contribution in [0.3, 0.4) is 0 Å². The van der Waals surface area contributed by atoms with E-state index >= 15 is 0 Å². The third-order valence-electron chi connectivity index (χ3n) is 2.59. The number of halogens is 4. The van der Waals surface area contributed by atoms with E-state index in [-0.39, 0.29) is 5.75 Å². The summed E-state index contributed by atoms with van der Waals surface area (Å²) >= 11 is 5.80. The molecule has 0 saturated carbocycles. The third kappa shape index (κ3) is 3.19. The molecule has 1 saturated heterocycles. The predicted molar refractivity (Wildman–Crippen MR) is 59.6 cm³/mol. The van der Waals surface area contributed by atoms with Crippen molar-refractivity contribution in [1.82, 2.24) is 0 Å². The minimum Gasteiger partial charge on any atom is -0.404 e. The molecule has 1 heterocycles. The molecular weight excluding hydrogens is 255 g/mol. The molecular formula is C11H11ClF3NO. The van der Waals surface area contributed by atoms with Crippen molar-refractivity contribution in [2.45, 2.75) is 19.2 Å². The number of benzene rings is 1. The number of alkyl halides is 3. The van der Waals surface area contributed by atoms with E-state index in [2.05, 4.69) is 4.74 Å². The lowest BCUT2D eigenvalue weighted by atomic mass is 10.2. The summed E-state index contributed by atoms with van der Waals surface area (Å²) in [6.07, 6.45) is -2.74. The van der Waals surface area contributed by atoms with Gasteiger partial charge in [-0.05, 0) is 31.0 Å². The number of ether oxygens (including phenoxy) is 1. The van der Waals surface area contributed by atoms with Gasteiger partial charge in [-0.1, -0.05) is 11.6 Å². The van der Waals surface area contributed by atoms with Gasteiger partial charge < -0.3 is 9.64 Å². The van der Waals surface area contributed by atoms with Crippen LogP contribution in [0.25, 0.3) is 0 Å². The fraction of sp³-hybridized carbons (Fsp3) is 0.455. The second-order valence-corrected chi connectivity index (χ2v) is 4.29. The van der Waals surface area contributed by atoms with Crippen LogP contribution >= 0.6 is 11.6 Å². The fourth-order valence-electron chi connectivity index (χ4n) is 1.91. The van der Waals surface area contributed by atoms with Gasteiger partial charge in [0.05, 0.1) is 5.69 Å². The van der Waals surface area contributed by atoms with Crippen LogP contribution in [0.2, 0.25) is 5.02 Å². The highest BCUT2D eigenvalue weighted by atomic mass is 35.5. The van der Waals surface area contributed by atoms with Crippen LogP contribution in [0.5, 0.6) is 5.75 Å². The summed E-state index contributed by atoms with van der Waals surface area (Å²) in [6.45, 7) is 1.46. The molecule has 1 aliphatic heterocycles. The quantitative estimate of drug-likeness (QED) is 0.806. The molecule has 1 aromatic rings. The SMILES string of the molecule is FC(F)(F)Oc1ccc(Cl)cc1N1CCCC1. The summed E-state index contributed by atoms with van der Waals surface area (Å²) in [5.41, 5.74) is 0.410. The molecule has 1 fully saturated rings. The van der Waals surface area contributed by atoms with Crippen molar-refractivity contribution < 1.29 is 17.9 Å². The van der Waals surface area contributed by atoms with Crippen molar-refractivity contribution in [1.29, 1.82) is 0 Å². The zero-order valence-corrected chi connectivity index (χ0v) is 9.68. The molecule has 0 radical (unpaired) electrons. The first kappa shape index (κ1) is 12.4. The first-order valence-electron chi connectivity index (χ1n) is 5.26. The van der Waals surface area contributed by atoms with Crippen LogP contribution < -0.4 is 9.64 Å². The van der Waals surface area contributed by atoms with Gasteiger partial charge in [0.25, 0.3) is 0 Å². The lowest BCUT2D eigenvalue weighted by Gasteiger charge is -2.22. The Balaban J connectivity index is 2.30. The van der Waals surface area contributed by atoms with E-state index < -0.39 is 6.36 Å². The Morgan fingerprint density at radius 2 is 1.82 bits per heavy atom. The summed E-state index contributed by atoms with van der Waals surface area (Å²) in [4.78, 5) is 1.85. The Morgan fingerprint density at radius 1 is 1.18 bits per heavy atom. The Labute approximate surface area is 102 Å². The summed E-state index contributed by atoms with van der Waals surface area (Å²) in [5.74, 6) is -0.191. The molecule has 0 N–H and O–H groups in total. The molecule has 0 amide bonds. The van der Waals surface area contributed by atoms with Crippen LogP contribution in [0, 0.1) is 0 Å². The maximum absolute atomic E-state index is 12.2. The Kier molecular flexibility index (Phi) is 3.38. The van der Waals surface area contributed by atoms with Gasteiger partial charge in [0.15, 0.2) is 5.75 Å². The van der Waals surface area contributed by atoms with E-state index in [0.717, 1.165) is 25.9 Å². The average Bonchev–Trinajstić information content (AvgIpc) is 2.71. The number of rotatable bonds is 2. The van der Waals surface area contributed by atoms with Crippen molar-refractivity contribution in [3.8, 4) is 5.75 Å². The highest BCUT2D eigenvalue weighted by Gasteiger charge is 2.33. The van der Waals surface area contributed by atoms with Gasteiger partial charge in [-0.25, -0.2) is 0 Å². The molecule has 6 heteroatoms. The van der Waals surface area contributed by atoms with Crippen molar-refractivity contribution in [3.05, 3.63) is 23.2 Å². The lowest BCUT2D eigenvalue weighted by Crippen LogP contribution is -2.22. The van der Waals surface area contributed by atoms with E-state index in [9.17, 15) is 13.2 Å². The molecule has 0 bridgehead atoms. The maximum Gasteiger partial charge on any atom is 0.573 e. The molecule has 1 aromatic carbocycles. The van der Waals surface area contributed by atoms with Crippen LogP contribution in [0.15, 0.2) is 18.2 Å². The second-order valence-electron chi connectivity index (χ2n) is 3.85. The lowest BCUT2D eigenvalue weighted by molar-refractivity contribution is -0.274. The Hall–Kier alpha value is -1.10. The van der Waals surface area contributed by atoms with Crippen LogP contribution in [0.4, 0.5) is 18.9 Å². The summed E-state index contributed by atoms with van der Waals surface area (Å²) in [7, 11) is 0. The van der Waals surface area contributed by atoms with Gasteiger partial charge in [0.1, 0.15) is 0 Å². The van der Waals surface area contributed by atoms with Crippen molar-refractivity contribution in [2.75, 3.05) is 18.0 Å². The van der Waals surface area contributed by atoms with Crippen molar-refractivity contribution >= 4 is 17.3 Å². The third-order valence-corrected chi connectivity index (χ3v) is 2.83.